The molecule has 0 amide bonds. The Kier molecular flexibility index (Phi) is 10.2. The van der Waals surface area contributed by atoms with Crippen molar-refractivity contribution in [3.63, 3.8) is 0 Å². The van der Waals surface area contributed by atoms with E-state index in [4.69, 9.17) is 0 Å². The molecule has 0 nitrogen and oxygen atoms in total. The van der Waals surface area contributed by atoms with Gasteiger partial charge in [-0.3, -0.25) is 0 Å². The molecule has 0 heterocycles. The van der Waals surface area contributed by atoms with E-state index in [0.717, 1.165) is 11.8 Å². The SMILES string of the molecule is CC(C)(c1ccc(C(C)(C)C2CCCCCCCCC2)cc1)C1CCCCCCCCC1. The summed E-state index contributed by atoms with van der Waals surface area (Å²) >= 11 is 0. The van der Waals surface area contributed by atoms with E-state index in [2.05, 4.69) is 52.0 Å². The summed E-state index contributed by atoms with van der Waals surface area (Å²) < 4.78 is 0. The summed E-state index contributed by atoms with van der Waals surface area (Å²) in [6.45, 7) is 10.1. The van der Waals surface area contributed by atoms with Crippen LogP contribution >= 0.6 is 0 Å². The van der Waals surface area contributed by atoms with Crippen molar-refractivity contribution in [2.75, 3.05) is 0 Å². The van der Waals surface area contributed by atoms with Crippen LogP contribution in [0.4, 0.5) is 0 Å². The fourth-order valence-electron chi connectivity index (χ4n) is 6.86. The fourth-order valence-corrected chi connectivity index (χ4v) is 6.86. The van der Waals surface area contributed by atoms with Crippen molar-refractivity contribution in [1.82, 2.24) is 0 Å². The highest BCUT2D eigenvalue weighted by Gasteiger charge is 2.33. The predicted molar refractivity (Wildman–Crippen MR) is 143 cm³/mol. The molecular weight excluding hydrogens is 384 g/mol. The molecule has 0 radical (unpaired) electrons. The van der Waals surface area contributed by atoms with Crippen molar-refractivity contribution in [2.45, 2.75) is 154 Å². The van der Waals surface area contributed by atoms with E-state index in [9.17, 15) is 0 Å². The zero-order chi connectivity index (χ0) is 22.9. The van der Waals surface area contributed by atoms with Gasteiger partial charge in [0.2, 0.25) is 0 Å². The number of hydrogen-bond donors (Lipinski definition) is 0. The highest BCUT2D eigenvalue weighted by molar-refractivity contribution is 5.33. The first-order chi connectivity index (χ1) is 15.4. The lowest BCUT2D eigenvalue weighted by atomic mass is 9.66. The Morgan fingerprint density at radius 3 is 0.875 bits per heavy atom. The Bertz CT molecular complexity index is 558. The van der Waals surface area contributed by atoms with Crippen LogP contribution in [0, 0.1) is 11.8 Å². The maximum atomic E-state index is 2.53. The summed E-state index contributed by atoms with van der Waals surface area (Å²) in [6, 6.07) is 10.0. The van der Waals surface area contributed by atoms with Crippen molar-refractivity contribution in [1.29, 1.82) is 0 Å². The van der Waals surface area contributed by atoms with Gasteiger partial charge in [0, 0.05) is 0 Å². The Balaban J connectivity index is 1.70. The molecule has 0 saturated heterocycles. The van der Waals surface area contributed by atoms with Crippen molar-refractivity contribution < 1.29 is 0 Å². The summed E-state index contributed by atoms with van der Waals surface area (Å²) in [5.41, 5.74) is 3.73. The zero-order valence-corrected chi connectivity index (χ0v) is 22.2. The van der Waals surface area contributed by atoms with Gasteiger partial charge < -0.3 is 0 Å². The number of hydrogen-bond acceptors (Lipinski definition) is 0. The van der Waals surface area contributed by atoms with Gasteiger partial charge in [0.15, 0.2) is 0 Å². The van der Waals surface area contributed by atoms with Crippen LogP contribution in [0.3, 0.4) is 0 Å². The molecule has 2 fully saturated rings. The summed E-state index contributed by atoms with van der Waals surface area (Å²) in [5, 5.41) is 0. The largest absolute Gasteiger partial charge is 0.0582 e. The average molecular weight is 439 g/mol. The van der Waals surface area contributed by atoms with Crippen LogP contribution in [0.1, 0.15) is 154 Å². The van der Waals surface area contributed by atoms with Crippen molar-refractivity contribution >= 4 is 0 Å². The van der Waals surface area contributed by atoms with Crippen LogP contribution in [0.5, 0.6) is 0 Å². The minimum atomic E-state index is 0.290. The van der Waals surface area contributed by atoms with E-state index < -0.39 is 0 Å². The first-order valence-corrected chi connectivity index (χ1v) is 14.5. The lowest BCUT2D eigenvalue weighted by molar-refractivity contribution is 0.255. The van der Waals surface area contributed by atoms with Gasteiger partial charge in [-0.1, -0.05) is 142 Å². The minimum Gasteiger partial charge on any atom is -0.0582 e. The predicted octanol–water partition coefficient (Wildman–Crippen LogP) is 10.5. The molecule has 32 heavy (non-hydrogen) atoms. The maximum absolute atomic E-state index is 2.53. The molecule has 2 saturated carbocycles. The summed E-state index contributed by atoms with van der Waals surface area (Å²) in [6.07, 6.45) is 25.9. The fraction of sp³-hybridized carbons (Fsp3) is 0.812. The second-order valence-corrected chi connectivity index (χ2v) is 12.5. The molecule has 2 aliphatic rings. The second-order valence-electron chi connectivity index (χ2n) is 12.5. The van der Waals surface area contributed by atoms with E-state index in [1.807, 2.05) is 0 Å². The van der Waals surface area contributed by atoms with Gasteiger partial charge in [0.25, 0.3) is 0 Å². The van der Waals surface area contributed by atoms with Gasteiger partial charge in [0.05, 0.1) is 0 Å². The third-order valence-electron chi connectivity index (χ3n) is 9.62. The summed E-state index contributed by atoms with van der Waals surface area (Å²) in [5.74, 6) is 1.66. The average Bonchev–Trinajstić information content (AvgIpc) is 2.80. The van der Waals surface area contributed by atoms with Crippen molar-refractivity contribution in [2.24, 2.45) is 11.8 Å². The van der Waals surface area contributed by atoms with Crippen molar-refractivity contribution in [3.8, 4) is 0 Å². The Morgan fingerprint density at radius 1 is 0.406 bits per heavy atom. The van der Waals surface area contributed by atoms with Crippen LogP contribution in [-0.4, -0.2) is 0 Å². The molecule has 0 spiro atoms. The Morgan fingerprint density at radius 2 is 0.625 bits per heavy atom. The molecule has 0 bridgehead atoms. The van der Waals surface area contributed by atoms with Crippen LogP contribution in [-0.2, 0) is 10.8 Å². The monoisotopic (exact) mass is 438 g/mol. The normalized spacial score (nSPS) is 22.4. The zero-order valence-electron chi connectivity index (χ0n) is 22.2. The first-order valence-electron chi connectivity index (χ1n) is 14.5. The molecule has 0 aliphatic heterocycles. The number of benzene rings is 1. The van der Waals surface area contributed by atoms with Gasteiger partial charge in [-0.2, -0.15) is 0 Å². The lowest BCUT2D eigenvalue weighted by Gasteiger charge is -2.38. The van der Waals surface area contributed by atoms with E-state index in [0.29, 0.717) is 0 Å². The molecule has 0 heteroatoms. The molecule has 2 aliphatic carbocycles. The molecular formula is C32H54. The minimum absolute atomic E-state index is 0.290. The van der Waals surface area contributed by atoms with Gasteiger partial charge in [0.1, 0.15) is 0 Å². The standard InChI is InChI=1S/C32H54/c1-31(2,27-19-15-11-7-5-8-12-16-20-27)29-23-25-30(26-24-29)32(3,4)28-21-17-13-9-6-10-14-18-22-28/h23-28H,5-22H2,1-4H3. The van der Waals surface area contributed by atoms with Crippen LogP contribution in [0.25, 0.3) is 0 Å². The maximum Gasteiger partial charge on any atom is -0.00753 e. The Labute approximate surface area is 201 Å². The first kappa shape index (κ1) is 25.8. The second kappa shape index (κ2) is 12.6. The summed E-state index contributed by atoms with van der Waals surface area (Å²) in [4.78, 5) is 0. The molecule has 0 atom stereocenters. The quantitative estimate of drug-likeness (QED) is 0.438. The van der Waals surface area contributed by atoms with E-state index in [1.165, 1.54) is 116 Å². The molecule has 0 N–H and O–H groups in total. The molecule has 0 unspecified atom stereocenters. The molecule has 1 aromatic carbocycles. The van der Waals surface area contributed by atoms with Crippen LogP contribution in [0.15, 0.2) is 24.3 Å². The third-order valence-corrected chi connectivity index (χ3v) is 9.62. The van der Waals surface area contributed by atoms with E-state index in [1.54, 1.807) is 11.1 Å². The van der Waals surface area contributed by atoms with Crippen LogP contribution < -0.4 is 0 Å². The van der Waals surface area contributed by atoms with Crippen LogP contribution in [0.2, 0.25) is 0 Å². The smallest absolute Gasteiger partial charge is 0.00753 e. The highest BCUT2D eigenvalue weighted by Crippen LogP contribution is 2.42. The van der Waals surface area contributed by atoms with Gasteiger partial charge >= 0.3 is 0 Å². The highest BCUT2D eigenvalue weighted by atomic mass is 14.4. The molecule has 3 rings (SSSR count). The molecule has 182 valence electrons. The van der Waals surface area contributed by atoms with E-state index in [-0.39, 0.29) is 10.8 Å². The van der Waals surface area contributed by atoms with Gasteiger partial charge in [-0.05, 0) is 59.5 Å². The topological polar surface area (TPSA) is 0 Å². The lowest BCUT2D eigenvalue weighted by Crippen LogP contribution is -2.31. The summed E-state index contributed by atoms with van der Waals surface area (Å²) in [7, 11) is 0. The van der Waals surface area contributed by atoms with Gasteiger partial charge in [-0.25, -0.2) is 0 Å². The Hall–Kier alpha value is -0.780. The molecule has 1 aromatic rings. The number of rotatable bonds is 4. The van der Waals surface area contributed by atoms with Crippen molar-refractivity contribution in [3.05, 3.63) is 35.4 Å². The van der Waals surface area contributed by atoms with Gasteiger partial charge in [-0.15, -0.1) is 0 Å². The third kappa shape index (κ3) is 7.11. The van der Waals surface area contributed by atoms with E-state index >= 15 is 0 Å². The molecule has 0 aromatic heterocycles.